The lowest BCUT2D eigenvalue weighted by Crippen LogP contribution is -2.41. The highest BCUT2D eigenvalue weighted by atomic mass is 32.2. The number of thioether (sulfide) groups is 1. The Hall–Kier alpha value is -3.33. The number of amides is 4. The minimum atomic E-state index is -1.09. The van der Waals surface area contributed by atoms with Gasteiger partial charge >= 0.3 is 12.0 Å². The average Bonchev–Trinajstić information content (AvgIpc) is 3.04. The minimum Gasteiger partial charge on any atom is -0.480 e. The Morgan fingerprint density at radius 3 is 2.47 bits per heavy atom. The van der Waals surface area contributed by atoms with Crippen LogP contribution in [0.15, 0.2) is 48.5 Å². The molecule has 9 heteroatoms. The van der Waals surface area contributed by atoms with E-state index in [1.165, 1.54) is 36.0 Å². The number of rotatable bonds is 7. The van der Waals surface area contributed by atoms with Gasteiger partial charge in [-0.2, -0.15) is 11.8 Å². The molecule has 0 saturated carbocycles. The summed E-state index contributed by atoms with van der Waals surface area (Å²) in [4.78, 5) is 52.6. The smallest absolute Gasteiger partial charge is 0.332 e. The summed E-state index contributed by atoms with van der Waals surface area (Å²) in [5.41, 5.74) is 2.74. The van der Waals surface area contributed by atoms with E-state index in [-0.39, 0.29) is 17.5 Å². The zero-order chi connectivity index (χ0) is 22.8. The molecule has 2 atom stereocenters. The number of carboxylic acid groups (broad SMARTS) is 1. The summed E-state index contributed by atoms with van der Waals surface area (Å²) in [6.07, 6.45) is 2.66. The largest absolute Gasteiger partial charge is 0.480 e. The number of anilines is 1. The van der Waals surface area contributed by atoms with E-state index in [1.807, 2.05) is 30.5 Å². The van der Waals surface area contributed by atoms with Gasteiger partial charge in [0.25, 0.3) is 11.8 Å². The molecule has 0 bridgehead atoms. The molecule has 2 N–H and O–H groups in total. The molecular weight excluding hydrogens is 430 g/mol. The van der Waals surface area contributed by atoms with Crippen molar-refractivity contribution in [3.8, 4) is 0 Å². The van der Waals surface area contributed by atoms with Crippen molar-refractivity contribution < 1.29 is 24.3 Å². The van der Waals surface area contributed by atoms with Crippen molar-refractivity contribution in [3.05, 3.63) is 65.2 Å². The van der Waals surface area contributed by atoms with Gasteiger partial charge in [0.15, 0.2) is 0 Å². The first-order valence-electron chi connectivity index (χ1n) is 10.2. The van der Waals surface area contributed by atoms with Crippen LogP contribution in [0.1, 0.15) is 27.9 Å². The number of carbonyl (C=O) groups excluding carboxylic acids is 3. The first-order chi connectivity index (χ1) is 15.4. The number of hydrogen-bond donors (Lipinski definition) is 2. The number of imide groups is 1. The molecule has 0 aliphatic carbocycles. The quantitative estimate of drug-likeness (QED) is 0.624. The Balaban J connectivity index is 1.49. The van der Waals surface area contributed by atoms with Crippen LogP contribution in [0.3, 0.4) is 0 Å². The van der Waals surface area contributed by atoms with Crippen LogP contribution in [0, 0.1) is 0 Å². The lowest BCUT2D eigenvalue weighted by molar-refractivity contribution is -0.139. The Morgan fingerprint density at radius 2 is 1.81 bits per heavy atom. The van der Waals surface area contributed by atoms with Crippen LogP contribution in [0.5, 0.6) is 0 Å². The van der Waals surface area contributed by atoms with Crippen molar-refractivity contribution in [2.24, 2.45) is 0 Å². The minimum absolute atomic E-state index is 0.258. The molecule has 2 heterocycles. The summed E-state index contributed by atoms with van der Waals surface area (Å²) in [5.74, 6) is -1.28. The summed E-state index contributed by atoms with van der Waals surface area (Å²) in [7, 11) is 0. The van der Waals surface area contributed by atoms with Gasteiger partial charge in [0.1, 0.15) is 12.1 Å². The molecule has 4 rings (SSSR count). The zero-order valence-corrected chi connectivity index (χ0v) is 18.3. The monoisotopic (exact) mass is 453 g/mol. The molecule has 1 fully saturated rings. The number of benzene rings is 2. The van der Waals surface area contributed by atoms with Crippen LogP contribution in [0.4, 0.5) is 10.5 Å². The number of nitrogens with one attached hydrogen (secondary N) is 1. The number of nitrogens with zero attached hydrogens (tertiary/aromatic N) is 2. The van der Waals surface area contributed by atoms with Gasteiger partial charge in [-0.1, -0.05) is 24.3 Å². The summed E-state index contributed by atoms with van der Waals surface area (Å²) >= 11 is 1.50. The van der Waals surface area contributed by atoms with Gasteiger partial charge in [0.2, 0.25) is 0 Å². The fourth-order valence-corrected chi connectivity index (χ4v) is 4.52. The number of hydrogen-bond acceptors (Lipinski definition) is 5. The number of carboxylic acids is 1. The Bertz CT molecular complexity index is 1030. The van der Waals surface area contributed by atoms with E-state index in [0.717, 1.165) is 16.0 Å². The number of carbonyl (C=O) groups is 4. The highest BCUT2D eigenvalue weighted by Crippen LogP contribution is 2.32. The van der Waals surface area contributed by atoms with E-state index in [1.54, 1.807) is 4.90 Å². The lowest BCUT2D eigenvalue weighted by Gasteiger charge is -2.28. The van der Waals surface area contributed by atoms with Gasteiger partial charge in [-0.15, -0.1) is 0 Å². The van der Waals surface area contributed by atoms with E-state index >= 15 is 0 Å². The summed E-state index contributed by atoms with van der Waals surface area (Å²) < 4.78 is 0. The first-order valence-corrected chi connectivity index (χ1v) is 11.6. The van der Waals surface area contributed by atoms with Gasteiger partial charge in [-0.05, 0) is 53.8 Å². The molecule has 2 aliphatic rings. The first kappa shape index (κ1) is 21.9. The normalized spacial score (nSPS) is 18.2. The van der Waals surface area contributed by atoms with Crippen molar-refractivity contribution in [2.45, 2.75) is 31.5 Å². The second-order valence-electron chi connectivity index (χ2n) is 7.77. The van der Waals surface area contributed by atoms with E-state index in [0.29, 0.717) is 30.8 Å². The molecule has 4 amide bonds. The standard InChI is InChI=1S/C23H23N3O5S/c1-32-11-10-18(22(29)30)24-20(27)14-6-8-17(9-7-14)26-21(28)19-12-15-4-2-3-5-16(15)13-25(19)23(26)31/h2-9,18-19H,10-13H2,1H3,(H,24,27)(H,29,30)/t18-,19-/m1/s1. The molecule has 2 aromatic carbocycles. The molecule has 32 heavy (non-hydrogen) atoms. The fourth-order valence-electron chi connectivity index (χ4n) is 4.05. The summed E-state index contributed by atoms with van der Waals surface area (Å²) in [6.45, 7) is 0.384. The van der Waals surface area contributed by atoms with Gasteiger partial charge in [0.05, 0.1) is 5.69 Å². The summed E-state index contributed by atoms with van der Waals surface area (Å²) in [6, 6.07) is 11.9. The maximum atomic E-state index is 13.0. The van der Waals surface area contributed by atoms with Crippen LogP contribution in [-0.4, -0.2) is 57.9 Å². The van der Waals surface area contributed by atoms with Gasteiger partial charge in [-0.3, -0.25) is 9.59 Å². The number of urea groups is 1. The zero-order valence-electron chi connectivity index (χ0n) is 17.5. The number of aliphatic carboxylic acids is 1. The SMILES string of the molecule is CSCC[C@@H](NC(=O)c1ccc(N2C(=O)[C@H]3Cc4ccccc4CN3C2=O)cc1)C(=O)O. The van der Waals surface area contributed by atoms with Crippen LogP contribution in [0.2, 0.25) is 0 Å². The van der Waals surface area contributed by atoms with Crippen molar-refractivity contribution in [1.82, 2.24) is 10.2 Å². The molecular formula is C23H23N3O5S. The van der Waals surface area contributed by atoms with Crippen molar-refractivity contribution in [1.29, 1.82) is 0 Å². The van der Waals surface area contributed by atoms with Crippen molar-refractivity contribution in [2.75, 3.05) is 16.9 Å². The maximum Gasteiger partial charge on any atom is 0.332 e. The highest BCUT2D eigenvalue weighted by Gasteiger charge is 2.47. The lowest BCUT2D eigenvalue weighted by atomic mass is 9.95. The summed E-state index contributed by atoms with van der Waals surface area (Å²) in [5, 5.41) is 11.8. The molecule has 0 aromatic heterocycles. The molecule has 0 radical (unpaired) electrons. The molecule has 2 aromatic rings. The second-order valence-corrected chi connectivity index (χ2v) is 8.75. The highest BCUT2D eigenvalue weighted by molar-refractivity contribution is 7.98. The molecule has 8 nitrogen and oxygen atoms in total. The predicted molar refractivity (Wildman–Crippen MR) is 121 cm³/mol. The molecule has 1 saturated heterocycles. The van der Waals surface area contributed by atoms with Gasteiger partial charge < -0.3 is 15.3 Å². The third kappa shape index (κ3) is 4.08. The van der Waals surface area contributed by atoms with Crippen LogP contribution < -0.4 is 10.2 Å². The third-order valence-corrected chi connectivity index (χ3v) is 6.44. The number of fused-ring (bicyclic) bond motifs is 2. The molecule has 2 aliphatic heterocycles. The Labute approximate surface area is 189 Å². The Kier molecular flexibility index (Phi) is 6.18. The maximum absolute atomic E-state index is 13.0. The molecule has 166 valence electrons. The van der Waals surface area contributed by atoms with Crippen molar-refractivity contribution in [3.63, 3.8) is 0 Å². The van der Waals surface area contributed by atoms with Crippen LogP contribution in [-0.2, 0) is 22.6 Å². The topological polar surface area (TPSA) is 107 Å². The fraction of sp³-hybridized carbons (Fsp3) is 0.304. The van der Waals surface area contributed by atoms with Crippen LogP contribution >= 0.6 is 11.8 Å². The van der Waals surface area contributed by atoms with E-state index < -0.39 is 24.0 Å². The Morgan fingerprint density at radius 1 is 1.12 bits per heavy atom. The average molecular weight is 454 g/mol. The second kappa shape index (κ2) is 9.04. The van der Waals surface area contributed by atoms with E-state index in [9.17, 15) is 24.3 Å². The molecule has 0 unspecified atom stereocenters. The molecule has 0 spiro atoms. The van der Waals surface area contributed by atoms with Gasteiger partial charge in [0, 0.05) is 18.5 Å². The van der Waals surface area contributed by atoms with E-state index in [4.69, 9.17) is 0 Å². The van der Waals surface area contributed by atoms with Gasteiger partial charge in [-0.25, -0.2) is 14.5 Å². The van der Waals surface area contributed by atoms with Crippen LogP contribution in [0.25, 0.3) is 0 Å². The third-order valence-electron chi connectivity index (χ3n) is 5.79. The van der Waals surface area contributed by atoms with Crippen molar-refractivity contribution >= 4 is 41.3 Å². The predicted octanol–water partition coefficient (Wildman–Crippen LogP) is 2.52. The van der Waals surface area contributed by atoms with E-state index in [2.05, 4.69) is 5.32 Å².